The standard InChI is InChI=1S/C22H32BrN3OS/c1-4-5-7-16-12-24-11-10-18(16)19(15(3)23)13-25-22(27)26-21-14(2)17-8-6-9-20(17)28-21/h24H,4-13H2,1-3H3,(H2,25,26,27)/b19-15+. The number of fused-ring (bicyclic) bond motifs is 1. The second-order valence-corrected chi connectivity index (χ2v) is 10.0. The van der Waals surface area contributed by atoms with Crippen molar-refractivity contribution in [3.05, 3.63) is 37.2 Å². The first-order valence-electron chi connectivity index (χ1n) is 10.4. The number of carbonyl (C=O) groups excluding carboxylic acids is 1. The van der Waals surface area contributed by atoms with Crippen LogP contribution in [-0.2, 0) is 12.8 Å². The van der Waals surface area contributed by atoms with Crippen LogP contribution >= 0.6 is 27.3 Å². The van der Waals surface area contributed by atoms with Crippen LogP contribution in [0.4, 0.5) is 9.80 Å². The Kier molecular flexibility index (Phi) is 7.77. The van der Waals surface area contributed by atoms with Crippen molar-refractivity contribution in [2.45, 2.75) is 65.7 Å². The normalized spacial score (nSPS) is 17.4. The van der Waals surface area contributed by atoms with E-state index in [4.69, 9.17) is 0 Å². The van der Waals surface area contributed by atoms with Gasteiger partial charge in [0.25, 0.3) is 0 Å². The summed E-state index contributed by atoms with van der Waals surface area (Å²) in [4.78, 5) is 14.0. The monoisotopic (exact) mass is 465 g/mol. The van der Waals surface area contributed by atoms with Crippen molar-refractivity contribution in [1.29, 1.82) is 0 Å². The number of nitrogens with one attached hydrogen (secondary N) is 3. The number of carbonyl (C=O) groups is 1. The van der Waals surface area contributed by atoms with Crippen LogP contribution in [0.15, 0.2) is 21.2 Å². The zero-order valence-corrected chi connectivity index (χ0v) is 19.7. The lowest BCUT2D eigenvalue weighted by Crippen LogP contribution is -2.33. The van der Waals surface area contributed by atoms with Crippen molar-refractivity contribution in [3.63, 3.8) is 0 Å². The predicted octanol–water partition coefficient (Wildman–Crippen LogP) is 5.82. The summed E-state index contributed by atoms with van der Waals surface area (Å²) in [5, 5.41) is 10.7. The SMILES string of the molecule is CCCCC1=C(/C(CNC(=O)Nc2sc3c(c2C)CCC3)=C(\C)Br)CCNC1. The van der Waals surface area contributed by atoms with Gasteiger partial charge in [-0.2, -0.15) is 0 Å². The third-order valence-corrected chi connectivity index (χ3v) is 7.56. The van der Waals surface area contributed by atoms with Gasteiger partial charge < -0.3 is 10.6 Å². The van der Waals surface area contributed by atoms with E-state index in [2.05, 4.69) is 52.7 Å². The fraction of sp³-hybridized carbons (Fsp3) is 0.591. The minimum absolute atomic E-state index is 0.112. The maximum absolute atomic E-state index is 12.6. The van der Waals surface area contributed by atoms with Crippen molar-refractivity contribution >= 4 is 38.3 Å². The lowest BCUT2D eigenvalue weighted by Gasteiger charge is -2.25. The molecule has 0 bridgehead atoms. The number of unbranched alkanes of at least 4 members (excludes halogenated alkanes) is 1. The zero-order valence-electron chi connectivity index (χ0n) is 17.3. The summed E-state index contributed by atoms with van der Waals surface area (Å²) in [7, 11) is 0. The van der Waals surface area contributed by atoms with E-state index in [1.807, 2.05) is 0 Å². The summed E-state index contributed by atoms with van der Waals surface area (Å²) in [6.45, 7) is 8.96. The number of aryl methyl sites for hydroxylation is 1. The fourth-order valence-electron chi connectivity index (χ4n) is 4.16. The van der Waals surface area contributed by atoms with Crippen molar-refractivity contribution < 1.29 is 4.79 Å². The third kappa shape index (κ3) is 5.08. The molecule has 0 atom stereocenters. The van der Waals surface area contributed by atoms with Crippen molar-refractivity contribution in [3.8, 4) is 0 Å². The number of rotatable bonds is 7. The highest BCUT2D eigenvalue weighted by molar-refractivity contribution is 9.11. The smallest absolute Gasteiger partial charge is 0.320 e. The Morgan fingerprint density at radius 2 is 2.11 bits per heavy atom. The van der Waals surface area contributed by atoms with E-state index in [9.17, 15) is 4.79 Å². The highest BCUT2D eigenvalue weighted by Crippen LogP contribution is 2.38. The van der Waals surface area contributed by atoms with Gasteiger partial charge in [-0.3, -0.25) is 5.32 Å². The third-order valence-electron chi connectivity index (χ3n) is 5.77. The Balaban J connectivity index is 1.66. The van der Waals surface area contributed by atoms with Gasteiger partial charge in [-0.1, -0.05) is 34.8 Å². The van der Waals surface area contributed by atoms with Crippen LogP contribution in [0.1, 0.15) is 62.0 Å². The molecule has 2 aliphatic rings. The summed E-state index contributed by atoms with van der Waals surface area (Å²) in [5.41, 5.74) is 6.86. The second-order valence-electron chi connectivity index (χ2n) is 7.74. The van der Waals surface area contributed by atoms with Gasteiger partial charge in [-0.15, -0.1) is 11.3 Å². The second kappa shape index (κ2) is 10.1. The van der Waals surface area contributed by atoms with Gasteiger partial charge in [0.2, 0.25) is 0 Å². The molecule has 4 nitrogen and oxygen atoms in total. The van der Waals surface area contributed by atoms with Gasteiger partial charge in [0.1, 0.15) is 0 Å². The maximum atomic E-state index is 12.6. The van der Waals surface area contributed by atoms with Gasteiger partial charge in [0.15, 0.2) is 0 Å². The van der Waals surface area contributed by atoms with Crippen LogP contribution in [0.25, 0.3) is 0 Å². The molecule has 3 N–H and O–H groups in total. The zero-order chi connectivity index (χ0) is 20.1. The lowest BCUT2D eigenvalue weighted by molar-refractivity contribution is 0.253. The highest BCUT2D eigenvalue weighted by Gasteiger charge is 2.21. The van der Waals surface area contributed by atoms with Crippen LogP contribution in [0.3, 0.4) is 0 Å². The molecule has 1 aliphatic carbocycles. The Labute approximate surface area is 181 Å². The summed E-state index contributed by atoms with van der Waals surface area (Å²) in [5.74, 6) is 0. The highest BCUT2D eigenvalue weighted by atomic mass is 79.9. The Morgan fingerprint density at radius 3 is 2.82 bits per heavy atom. The summed E-state index contributed by atoms with van der Waals surface area (Å²) in [6, 6.07) is -0.112. The number of thiophene rings is 1. The summed E-state index contributed by atoms with van der Waals surface area (Å²) >= 11 is 5.43. The first-order valence-corrected chi connectivity index (χ1v) is 12.0. The molecule has 0 unspecified atom stereocenters. The van der Waals surface area contributed by atoms with E-state index in [-0.39, 0.29) is 6.03 Å². The van der Waals surface area contributed by atoms with Crippen molar-refractivity contribution in [2.75, 3.05) is 25.0 Å². The molecular weight excluding hydrogens is 434 g/mol. The van der Waals surface area contributed by atoms with Gasteiger partial charge in [0, 0.05) is 18.0 Å². The van der Waals surface area contributed by atoms with Gasteiger partial charge >= 0.3 is 6.03 Å². The Bertz CT molecular complexity index is 790. The first-order chi connectivity index (χ1) is 13.5. The quantitative estimate of drug-likeness (QED) is 0.475. The molecule has 1 aliphatic heterocycles. The topological polar surface area (TPSA) is 53.2 Å². The molecular formula is C22H32BrN3OS. The van der Waals surface area contributed by atoms with Gasteiger partial charge in [-0.25, -0.2) is 4.79 Å². The van der Waals surface area contributed by atoms with Crippen LogP contribution < -0.4 is 16.0 Å². The molecule has 0 radical (unpaired) electrons. The number of urea groups is 1. The Hall–Kier alpha value is -1.11. The van der Waals surface area contributed by atoms with Crippen molar-refractivity contribution in [1.82, 2.24) is 10.6 Å². The molecule has 1 aromatic heterocycles. The minimum Gasteiger partial charge on any atom is -0.334 e. The number of halogens is 1. The van der Waals surface area contributed by atoms with Crippen LogP contribution in [0, 0.1) is 6.92 Å². The molecule has 1 aromatic rings. The van der Waals surface area contributed by atoms with E-state index in [1.54, 1.807) is 11.3 Å². The summed E-state index contributed by atoms with van der Waals surface area (Å²) < 4.78 is 1.12. The number of hydrogen-bond donors (Lipinski definition) is 3. The Morgan fingerprint density at radius 1 is 1.29 bits per heavy atom. The predicted molar refractivity (Wildman–Crippen MR) is 124 cm³/mol. The molecule has 6 heteroatoms. The molecule has 28 heavy (non-hydrogen) atoms. The van der Waals surface area contributed by atoms with Gasteiger partial charge in [-0.05, 0) is 85.7 Å². The molecule has 3 rings (SSSR count). The average Bonchev–Trinajstić information content (AvgIpc) is 3.24. The largest absolute Gasteiger partial charge is 0.334 e. The maximum Gasteiger partial charge on any atom is 0.320 e. The minimum atomic E-state index is -0.112. The lowest BCUT2D eigenvalue weighted by atomic mass is 9.91. The van der Waals surface area contributed by atoms with E-state index >= 15 is 0 Å². The van der Waals surface area contributed by atoms with Crippen molar-refractivity contribution in [2.24, 2.45) is 0 Å². The molecule has 0 saturated carbocycles. The molecule has 0 spiro atoms. The van der Waals surface area contributed by atoms with E-state index < -0.39 is 0 Å². The van der Waals surface area contributed by atoms with E-state index in [0.717, 1.165) is 48.3 Å². The summed E-state index contributed by atoms with van der Waals surface area (Å²) in [6.07, 6.45) is 8.13. The molecule has 0 aromatic carbocycles. The number of hydrogen-bond acceptors (Lipinski definition) is 3. The number of allylic oxidation sites excluding steroid dienone is 1. The number of anilines is 1. The van der Waals surface area contributed by atoms with Crippen LogP contribution in [-0.4, -0.2) is 25.7 Å². The molecule has 0 saturated heterocycles. The molecule has 0 fully saturated rings. The molecule has 2 amide bonds. The van der Waals surface area contributed by atoms with Crippen LogP contribution in [0.2, 0.25) is 0 Å². The number of amides is 2. The molecule has 2 heterocycles. The van der Waals surface area contributed by atoms with E-state index in [0.29, 0.717) is 6.54 Å². The van der Waals surface area contributed by atoms with Gasteiger partial charge in [0.05, 0.1) is 5.00 Å². The molecule has 154 valence electrons. The average molecular weight is 466 g/mol. The van der Waals surface area contributed by atoms with E-state index in [1.165, 1.54) is 52.0 Å². The first kappa shape index (κ1) is 21.6. The fourth-order valence-corrected chi connectivity index (χ4v) is 5.83. The van der Waals surface area contributed by atoms with Crippen LogP contribution in [0.5, 0.6) is 0 Å².